The van der Waals surface area contributed by atoms with Crippen molar-refractivity contribution in [3.05, 3.63) is 202 Å². The second kappa shape index (κ2) is 9.51. The highest BCUT2D eigenvalue weighted by molar-refractivity contribution is 6.15. The van der Waals surface area contributed by atoms with Gasteiger partial charge in [0.2, 0.25) is 0 Å². The zero-order valence-electron chi connectivity index (χ0n) is 25.4. The van der Waals surface area contributed by atoms with E-state index in [0.29, 0.717) is 0 Å². The Labute approximate surface area is 263 Å². The summed E-state index contributed by atoms with van der Waals surface area (Å²) < 4.78 is 2.53. The fourth-order valence-electron chi connectivity index (χ4n) is 8.75. The van der Waals surface area contributed by atoms with Gasteiger partial charge in [0.25, 0.3) is 0 Å². The molecule has 1 aliphatic rings. The lowest BCUT2D eigenvalue weighted by molar-refractivity contribution is 0.399. The van der Waals surface area contributed by atoms with E-state index in [9.17, 15) is 0 Å². The van der Waals surface area contributed by atoms with Gasteiger partial charge in [-0.15, -0.1) is 0 Å². The fourth-order valence-corrected chi connectivity index (χ4v) is 8.75. The molecule has 0 saturated heterocycles. The molecule has 2 nitrogen and oxygen atoms in total. The van der Waals surface area contributed by atoms with Gasteiger partial charge in [-0.3, -0.25) is 4.40 Å². The number of nitrogens with zero attached hydrogens (tertiary/aromatic N) is 2. The first-order valence-corrected chi connectivity index (χ1v) is 15.7. The topological polar surface area (TPSA) is 17.3 Å². The first kappa shape index (κ1) is 26.0. The molecule has 0 bridgehead atoms. The second-order valence-electron chi connectivity index (χ2n) is 12.4. The van der Waals surface area contributed by atoms with Gasteiger partial charge in [0.05, 0.1) is 27.7 Å². The Bertz CT molecular complexity index is 2290. The smallest absolute Gasteiger partial charge is 0.145 e. The Morgan fingerprint density at radius 2 is 0.911 bits per heavy atom. The van der Waals surface area contributed by atoms with Crippen LogP contribution in [0, 0.1) is 13.8 Å². The predicted octanol–water partition coefficient (Wildman–Crippen LogP) is 9.94. The molecule has 0 aliphatic carbocycles. The molecule has 0 radical (unpaired) electrons. The van der Waals surface area contributed by atoms with E-state index >= 15 is 0 Å². The normalized spacial score (nSPS) is 14.8. The molecule has 0 N–H and O–H groups in total. The molecule has 45 heavy (non-hydrogen) atoms. The first-order valence-electron chi connectivity index (χ1n) is 15.7. The fraction of sp³-hybridized carbons (Fsp3) is 0.0930. The zero-order chi connectivity index (χ0) is 30.2. The van der Waals surface area contributed by atoms with Crippen LogP contribution in [0.25, 0.3) is 27.3 Å². The molecule has 0 amide bonds. The maximum absolute atomic E-state index is 5.49. The lowest BCUT2D eigenvalue weighted by Gasteiger charge is -2.55. The summed E-state index contributed by atoms with van der Waals surface area (Å²) in [5.74, 6) is 0. The Balaban J connectivity index is 1.70. The zero-order valence-corrected chi connectivity index (χ0v) is 25.4. The number of hydrogen-bond acceptors (Lipinski definition) is 1. The number of rotatable bonds is 4. The van der Waals surface area contributed by atoms with Crippen LogP contribution in [0.1, 0.15) is 44.8 Å². The molecule has 6 aromatic carbocycles. The van der Waals surface area contributed by atoms with Gasteiger partial charge in [0, 0.05) is 10.8 Å². The molecule has 2 aromatic heterocycles. The Morgan fingerprint density at radius 1 is 0.467 bits per heavy atom. The first-order chi connectivity index (χ1) is 22.2. The van der Waals surface area contributed by atoms with Gasteiger partial charge in [-0.25, -0.2) is 4.98 Å². The summed E-state index contributed by atoms with van der Waals surface area (Å²) in [6, 6.07) is 58.2. The maximum atomic E-state index is 5.49. The van der Waals surface area contributed by atoms with E-state index in [1.807, 2.05) is 0 Å². The van der Waals surface area contributed by atoms with Crippen molar-refractivity contribution in [3.63, 3.8) is 0 Å². The van der Waals surface area contributed by atoms with Crippen LogP contribution in [0.2, 0.25) is 0 Å². The third-order valence-electron chi connectivity index (χ3n) is 10.2. The Morgan fingerprint density at radius 3 is 1.42 bits per heavy atom. The summed E-state index contributed by atoms with van der Waals surface area (Å²) in [6.07, 6.45) is 0. The van der Waals surface area contributed by atoms with Crippen LogP contribution in [0.5, 0.6) is 0 Å². The molecule has 214 valence electrons. The molecule has 9 rings (SSSR count). The quantitative estimate of drug-likeness (QED) is 0.191. The average Bonchev–Trinajstić information content (AvgIpc) is 3.47. The molecule has 2 heteroatoms. The van der Waals surface area contributed by atoms with Crippen LogP contribution in [0.4, 0.5) is 0 Å². The highest BCUT2D eigenvalue weighted by Gasteiger charge is 2.62. The number of aromatic nitrogens is 2. The minimum atomic E-state index is -0.681. The van der Waals surface area contributed by atoms with Crippen LogP contribution in [-0.4, -0.2) is 9.38 Å². The summed E-state index contributed by atoms with van der Waals surface area (Å²) in [7, 11) is 0. The summed E-state index contributed by atoms with van der Waals surface area (Å²) in [6.45, 7) is 4.47. The third-order valence-corrected chi connectivity index (χ3v) is 10.2. The number of aryl methyl sites for hydroxylation is 2. The molecule has 0 unspecified atom stereocenters. The van der Waals surface area contributed by atoms with Crippen molar-refractivity contribution in [2.45, 2.75) is 24.7 Å². The summed E-state index contributed by atoms with van der Waals surface area (Å²) in [4.78, 5) is 5.49. The summed E-state index contributed by atoms with van der Waals surface area (Å²) >= 11 is 0. The molecule has 8 aromatic rings. The van der Waals surface area contributed by atoms with E-state index in [1.165, 1.54) is 60.8 Å². The van der Waals surface area contributed by atoms with Crippen molar-refractivity contribution in [1.29, 1.82) is 0 Å². The van der Waals surface area contributed by atoms with Gasteiger partial charge in [-0.1, -0.05) is 158 Å². The van der Waals surface area contributed by atoms with Gasteiger partial charge in [-0.2, -0.15) is 0 Å². The molecular formula is C43H32N2. The highest BCUT2D eigenvalue weighted by atomic mass is 15.1. The van der Waals surface area contributed by atoms with E-state index in [0.717, 1.165) is 11.3 Å². The molecular weight excluding hydrogens is 544 g/mol. The second-order valence-corrected chi connectivity index (χ2v) is 12.4. The van der Waals surface area contributed by atoms with E-state index in [4.69, 9.17) is 4.98 Å². The van der Waals surface area contributed by atoms with Crippen molar-refractivity contribution in [1.82, 2.24) is 9.38 Å². The minimum Gasteiger partial charge on any atom is -0.294 e. The maximum Gasteiger partial charge on any atom is 0.145 e. The summed E-state index contributed by atoms with van der Waals surface area (Å²) in [5.41, 5.74) is 10.7. The van der Waals surface area contributed by atoms with Crippen LogP contribution >= 0.6 is 0 Å². The van der Waals surface area contributed by atoms with E-state index in [-0.39, 0.29) is 0 Å². The molecule has 0 saturated carbocycles. The molecule has 1 aliphatic heterocycles. The standard InChI is InChI=1S/C43H32N2/c1-29-27-28-37-39-38(29)35-25-15-16-26-36(35)41-44-30(2)40(45(39)41)43(33-21-11-5-12-22-33,34-23-13-6-14-24-34)42(37,31-17-7-3-8-18-31)32-19-9-4-10-20-32/h3-28H,1-2H3. The number of fused-ring (bicyclic) bond motifs is 3. The number of imidazole rings is 1. The van der Waals surface area contributed by atoms with Gasteiger partial charge in [0.15, 0.2) is 0 Å². The lowest BCUT2D eigenvalue weighted by atomic mass is 9.46. The van der Waals surface area contributed by atoms with Gasteiger partial charge < -0.3 is 0 Å². The van der Waals surface area contributed by atoms with Crippen molar-refractivity contribution in [2.24, 2.45) is 0 Å². The largest absolute Gasteiger partial charge is 0.294 e. The molecule has 0 spiro atoms. The third kappa shape index (κ3) is 3.16. The number of pyridine rings is 1. The van der Waals surface area contributed by atoms with Crippen LogP contribution in [-0.2, 0) is 10.8 Å². The number of hydrogen-bond donors (Lipinski definition) is 0. The highest BCUT2D eigenvalue weighted by Crippen LogP contribution is 2.64. The van der Waals surface area contributed by atoms with E-state index in [2.05, 4.69) is 176 Å². The van der Waals surface area contributed by atoms with Gasteiger partial charge in [-0.05, 0) is 52.6 Å². The number of benzene rings is 6. The van der Waals surface area contributed by atoms with Crippen LogP contribution in [0.15, 0.2) is 158 Å². The predicted molar refractivity (Wildman–Crippen MR) is 185 cm³/mol. The monoisotopic (exact) mass is 576 g/mol. The van der Waals surface area contributed by atoms with Crippen molar-refractivity contribution < 1.29 is 0 Å². The molecule has 0 atom stereocenters. The van der Waals surface area contributed by atoms with Gasteiger partial charge in [0.1, 0.15) is 5.65 Å². The van der Waals surface area contributed by atoms with E-state index in [1.54, 1.807) is 0 Å². The van der Waals surface area contributed by atoms with E-state index < -0.39 is 10.8 Å². The minimum absolute atomic E-state index is 0.652. The Hall–Kier alpha value is -5.47. The van der Waals surface area contributed by atoms with Gasteiger partial charge >= 0.3 is 0 Å². The van der Waals surface area contributed by atoms with Crippen molar-refractivity contribution in [3.8, 4) is 0 Å². The lowest BCUT2D eigenvalue weighted by Crippen LogP contribution is -2.55. The van der Waals surface area contributed by atoms with Crippen LogP contribution < -0.4 is 0 Å². The van der Waals surface area contributed by atoms with Crippen molar-refractivity contribution >= 4 is 27.3 Å². The van der Waals surface area contributed by atoms with Crippen molar-refractivity contribution in [2.75, 3.05) is 0 Å². The Kier molecular flexibility index (Phi) is 5.49. The average molecular weight is 577 g/mol. The molecule has 0 fully saturated rings. The van der Waals surface area contributed by atoms with Crippen LogP contribution in [0.3, 0.4) is 0 Å². The summed E-state index contributed by atoms with van der Waals surface area (Å²) in [5, 5.41) is 3.72. The molecule has 3 heterocycles. The SMILES string of the molecule is Cc1nc2c3ccccc3c3c(C)ccc4c3n2c1C(c1ccccc1)(c1ccccc1)C4(c1ccccc1)c1ccccc1.